The third-order valence-electron chi connectivity index (χ3n) is 10.2. The molecule has 0 saturated heterocycles. The van der Waals surface area contributed by atoms with Crippen molar-refractivity contribution in [2.24, 2.45) is 0 Å². The minimum Gasteiger partial charge on any atom is -0.327 e. The Balaban J connectivity index is 0.00000283. The summed E-state index contributed by atoms with van der Waals surface area (Å²) in [5, 5.41) is 13.1. The summed E-state index contributed by atoms with van der Waals surface area (Å²) >= 11 is 0. The summed E-state index contributed by atoms with van der Waals surface area (Å²) in [5.74, 6) is 0.436. The van der Waals surface area contributed by atoms with E-state index < -0.39 is 14.3 Å². The van der Waals surface area contributed by atoms with Gasteiger partial charge in [-0.15, -0.1) is 82.0 Å². The second-order valence-corrected chi connectivity index (χ2v) is 21.3. The number of hydrogen-bond acceptors (Lipinski definition) is 7. The summed E-state index contributed by atoms with van der Waals surface area (Å²) in [6, 6.07) is 44.7. The Morgan fingerprint density at radius 1 is 0.534 bits per heavy atom. The summed E-state index contributed by atoms with van der Waals surface area (Å²) in [6.07, 6.45) is 5.21. The molecule has 8 rings (SSSR count). The molecule has 4 heterocycles. The molecule has 8 nitrogen and oxygen atoms in total. The molecule has 0 N–H and O–H groups in total. The van der Waals surface area contributed by atoms with Crippen molar-refractivity contribution in [3.8, 4) is 28.5 Å². The fraction of sp³-hybridized carbons (Fsp3) is 0.196. The number of hydrogen-bond donors (Lipinski definition) is 0. The molecule has 12 heteroatoms. The molecule has 0 radical (unpaired) electrons. The van der Waals surface area contributed by atoms with Crippen LogP contribution in [0.3, 0.4) is 0 Å². The maximum atomic E-state index is 15.5. The van der Waals surface area contributed by atoms with E-state index in [1.807, 2.05) is 143 Å². The number of pyridine rings is 2. The maximum absolute atomic E-state index is 15.5. The third-order valence-corrected chi connectivity index (χ3v) is 17.1. The van der Waals surface area contributed by atoms with Gasteiger partial charge in [0.05, 0.1) is 11.9 Å². The Hall–Kier alpha value is -4.20. The van der Waals surface area contributed by atoms with Crippen molar-refractivity contribution in [3.63, 3.8) is 0 Å². The van der Waals surface area contributed by atoms with Crippen LogP contribution >= 0.6 is 14.3 Å². The first kappa shape index (κ1) is 43.4. The first-order chi connectivity index (χ1) is 27.0. The molecule has 58 heavy (non-hydrogen) atoms. The summed E-state index contributed by atoms with van der Waals surface area (Å²) in [4.78, 5) is 13.8. The van der Waals surface area contributed by atoms with Crippen LogP contribution < -0.4 is 21.2 Å². The van der Waals surface area contributed by atoms with Crippen molar-refractivity contribution >= 4 is 57.3 Å². The van der Waals surface area contributed by atoms with Gasteiger partial charge in [-0.3, -0.25) is 0 Å². The molecule has 4 aromatic heterocycles. The first-order valence-corrected chi connectivity index (χ1v) is 22.3. The number of fused-ring (bicyclic) bond motifs is 3. The number of benzene rings is 4. The summed E-state index contributed by atoms with van der Waals surface area (Å²) in [5.41, 5.74) is 4.51. The van der Waals surface area contributed by atoms with Crippen molar-refractivity contribution < 1.29 is 50.6 Å². The van der Waals surface area contributed by atoms with Crippen LogP contribution in [-0.2, 0) is 50.6 Å². The van der Waals surface area contributed by atoms with Crippen molar-refractivity contribution in [2.45, 2.75) is 58.8 Å². The van der Waals surface area contributed by atoms with Gasteiger partial charge in [0.25, 0.3) is 5.95 Å². The van der Waals surface area contributed by atoms with Crippen LogP contribution in [0.1, 0.15) is 53.2 Å². The largest absolute Gasteiger partial charge is 2.00 e. The molecule has 0 saturated carbocycles. The zero-order valence-corrected chi connectivity index (χ0v) is 38.3. The molecule has 0 amide bonds. The molecule has 0 aliphatic carbocycles. The quantitative estimate of drug-likeness (QED) is 0.0767. The Morgan fingerprint density at radius 2 is 1.00 bits per heavy atom. The van der Waals surface area contributed by atoms with E-state index in [9.17, 15) is 0 Å². The van der Waals surface area contributed by atoms with E-state index in [4.69, 9.17) is 4.98 Å². The number of nitrogens with zero attached hydrogens (tertiary/aromatic N) is 6. The average Bonchev–Trinajstić information content (AvgIpc) is 3.56. The average molecular weight is 1070 g/mol. The normalized spacial score (nSPS) is 13.6. The summed E-state index contributed by atoms with van der Waals surface area (Å²) < 4.78 is 32.8. The van der Waals surface area contributed by atoms with Gasteiger partial charge in [-0.1, -0.05) is 98.1 Å². The molecule has 0 spiro atoms. The molecule has 0 aliphatic heterocycles. The van der Waals surface area contributed by atoms with E-state index in [0.717, 1.165) is 39.0 Å². The monoisotopic (exact) mass is 1070 g/mol. The molecule has 2 unspecified atom stereocenters. The van der Waals surface area contributed by atoms with E-state index in [1.54, 1.807) is 18.6 Å². The molecule has 8 aromatic rings. The van der Waals surface area contributed by atoms with Gasteiger partial charge in [-0.25, -0.2) is 4.98 Å². The topological polar surface area (TPSA) is 104 Å². The molecule has 0 bridgehead atoms. The Kier molecular flexibility index (Phi) is 13.1. The van der Waals surface area contributed by atoms with Crippen molar-refractivity contribution in [2.75, 3.05) is 0 Å². The number of aromatic nitrogens is 6. The second kappa shape index (κ2) is 17.6. The van der Waals surface area contributed by atoms with Gasteiger partial charge in [0.15, 0.2) is 0 Å². The van der Waals surface area contributed by atoms with Crippen LogP contribution in [-0.4, -0.2) is 41.0 Å². The Morgan fingerprint density at radius 3 is 1.38 bits per heavy atom. The van der Waals surface area contributed by atoms with Crippen LogP contribution in [0.25, 0.3) is 50.3 Å². The fourth-order valence-corrected chi connectivity index (χ4v) is 12.2. The van der Waals surface area contributed by atoms with Crippen molar-refractivity contribution in [1.29, 1.82) is 0 Å². The standard InChI is InChI=1S/C46H40N6O2P2.Pd.Pt/c1-30(2)43-29-49-46(51-50-43)52-44-27-37(55(53,31(3)4)35-15-11-13-33(25-35)41-17-7-9-23-47-41)19-21-39(44)40-22-20-38(28-45(40)52)56(54,32(5)6)36-16-12-14-34(26-36)42-18-8-10-24-48-42;;/h7-24,29-32H,1-6H3;;/q-4;2*+2. The Bertz CT molecular complexity index is 2650. The minimum absolute atomic E-state index is 0. The molecule has 4 aromatic carbocycles. The minimum atomic E-state index is -3.32. The van der Waals surface area contributed by atoms with E-state index in [1.165, 1.54) is 0 Å². The molecule has 2 atom stereocenters. The van der Waals surface area contributed by atoms with E-state index in [-0.39, 0.29) is 58.7 Å². The smallest absolute Gasteiger partial charge is 0.327 e. The first-order valence-electron chi connectivity index (χ1n) is 18.7. The van der Waals surface area contributed by atoms with E-state index in [2.05, 4.69) is 44.4 Å². The van der Waals surface area contributed by atoms with Crippen LogP contribution in [0.15, 0.2) is 116 Å². The van der Waals surface area contributed by atoms with Gasteiger partial charge in [0.1, 0.15) is 14.3 Å². The summed E-state index contributed by atoms with van der Waals surface area (Å²) in [6.45, 7) is 12.0. The zero-order chi connectivity index (χ0) is 39.2. The van der Waals surface area contributed by atoms with E-state index >= 15 is 9.13 Å². The second-order valence-electron chi connectivity index (χ2n) is 14.7. The van der Waals surface area contributed by atoms with Gasteiger partial charge >= 0.3 is 41.5 Å². The van der Waals surface area contributed by atoms with Gasteiger partial charge in [0.2, 0.25) is 0 Å². The van der Waals surface area contributed by atoms with E-state index in [0.29, 0.717) is 38.2 Å². The number of rotatable bonds is 10. The van der Waals surface area contributed by atoms with Crippen LogP contribution in [0, 0.1) is 24.3 Å². The summed E-state index contributed by atoms with van der Waals surface area (Å²) in [7, 11) is -6.63. The van der Waals surface area contributed by atoms with Crippen LogP contribution in [0.2, 0.25) is 0 Å². The maximum Gasteiger partial charge on any atom is 2.00 e. The predicted octanol–water partition coefficient (Wildman–Crippen LogP) is 8.86. The molecule has 0 fully saturated rings. The third kappa shape index (κ3) is 7.70. The zero-order valence-electron chi connectivity index (χ0n) is 32.7. The predicted molar refractivity (Wildman–Crippen MR) is 227 cm³/mol. The fourth-order valence-electron chi connectivity index (χ4n) is 7.09. The van der Waals surface area contributed by atoms with Crippen LogP contribution in [0.4, 0.5) is 0 Å². The molecular formula is C46H40N6O2P2PdPt. The van der Waals surface area contributed by atoms with Crippen molar-refractivity contribution in [1.82, 2.24) is 29.7 Å². The molecule has 296 valence electrons. The molecular weight excluding hydrogens is 1030 g/mol. The van der Waals surface area contributed by atoms with Gasteiger partial charge in [-0.05, 0) is 29.4 Å². The molecule has 0 aliphatic rings. The van der Waals surface area contributed by atoms with Crippen molar-refractivity contribution in [3.05, 3.63) is 146 Å². The SMILES string of the molecule is CC(C)c1cnc(-n2c3[c-]c(P(=O)(c4[c-]c(-c5ccccn5)ccc4)C(C)C)ccc3c3ccc(P(=O)(c4[c-]c(-c5ccccn5)ccc4)C(C)C)[c-]c32)nn1.[Pd+2].[Pt+2]. The van der Waals surface area contributed by atoms with Gasteiger partial charge < -0.3 is 23.7 Å². The van der Waals surface area contributed by atoms with Gasteiger partial charge in [0, 0.05) is 23.7 Å². The van der Waals surface area contributed by atoms with Gasteiger partial charge in [-0.2, -0.15) is 35.0 Å². The van der Waals surface area contributed by atoms with Crippen LogP contribution in [0.5, 0.6) is 0 Å². The Labute approximate surface area is 368 Å².